The highest BCUT2D eigenvalue weighted by Crippen LogP contribution is 2.32. The number of halogens is 1. The molecule has 0 fully saturated rings. The number of aromatic nitrogens is 2. The van der Waals surface area contributed by atoms with Crippen LogP contribution in [0, 0.1) is 5.82 Å². The van der Waals surface area contributed by atoms with Gasteiger partial charge in [-0.15, -0.1) is 11.3 Å². The molecule has 0 radical (unpaired) electrons. The Morgan fingerprint density at radius 2 is 1.77 bits per heavy atom. The second-order valence-corrected chi connectivity index (χ2v) is 12.5. The molecular formula is C29H27FN4O3S2. The molecule has 0 aliphatic heterocycles. The molecule has 0 aliphatic rings. The van der Waals surface area contributed by atoms with Crippen LogP contribution in [0.2, 0.25) is 0 Å². The lowest BCUT2D eigenvalue weighted by molar-refractivity contribution is 0.306. The molecule has 0 bridgehead atoms. The van der Waals surface area contributed by atoms with Crippen LogP contribution in [-0.4, -0.2) is 36.9 Å². The van der Waals surface area contributed by atoms with Gasteiger partial charge in [0.25, 0.3) is 0 Å². The first kappa shape index (κ1) is 26.7. The van der Waals surface area contributed by atoms with Gasteiger partial charge in [0.05, 0.1) is 16.1 Å². The molecule has 0 aliphatic carbocycles. The van der Waals surface area contributed by atoms with Crippen LogP contribution < -0.4 is 15.4 Å². The van der Waals surface area contributed by atoms with E-state index in [1.807, 2.05) is 48.7 Å². The molecule has 7 nitrogen and oxygen atoms in total. The van der Waals surface area contributed by atoms with Crippen molar-refractivity contribution in [2.45, 2.75) is 13.2 Å². The SMILES string of the molecule is CS(=O)(=O)CCNCc1ncc(-c2ccc3c(Nc4ccc(OCc5ccc(F)cc5)cc4)ccnc3c2)s1. The molecular weight excluding hydrogens is 535 g/mol. The summed E-state index contributed by atoms with van der Waals surface area (Å²) in [5.41, 5.74) is 4.63. The van der Waals surface area contributed by atoms with E-state index in [4.69, 9.17) is 4.74 Å². The number of rotatable bonds is 11. The molecule has 2 aromatic heterocycles. The van der Waals surface area contributed by atoms with Gasteiger partial charge in [0.15, 0.2) is 0 Å². The first-order valence-corrected chi connectivity index (χ1v) is 15.2. The van der Waals surface area contributed by atoms with Gasteiger partial charge in [-0.2, -0.15) is 0 Å². The Kier molecular flexibility index (Phi) is 8.16. The van der Waals surface area contributed by atoms with Crippen molar-refractivity contribution in [2.24, 2.45) is 0 Å². The van der Waals surface area contributed by atoms with Crippen LogP contribution in [0.4, 0.5) is 15.8 Å². The van der Waals surface area contributed by atoms with Gasteiger partial charge < -0.3 is 15.4 Å². The van der Waals surface area contributed by atoms with Crippen molar-refractivity contribution >= 4 is 43.5 Å². The number of pyridine rings is 1. The zero-order valence-corrected chi connectivity index (χ0v) is 22.9. The summed E-state index contributed by atoms with van der Waals surface area (Å²) in [5, 5.41) is 8.48. The quantitative estimate of drug-likeness (QED) is 0.192. The minimum Gasteiger partial charge on any atom is -0.489 e. The number of ether oxygens (including phenoxy) is 1. The smallest absolute Gasteiger partial charge is 0.148 e. The standard InChI is InChI=1S/C29H27FN4O3S2/c1-39(35,36)15-14-31-18-29-33-17-28(38-29)21-4-11-25-26(12-13-32-27(25)16-21)34-23-7-9-24(10-8-23)37-19-20-2-5-22(30)6-3-20/h2-13,16-17,31H,14-15,18-19H2,1H3,(H,32,34). The maximum Gasteiger partial charge on any atom is 0.148 e. The third-order valence-corrected chi connectivity index (χ3v) is 7.95. The van der Waals surface area contributed by atoms with E-state index < -0.39 is 9.84 Å². The van der Waals surface area contributed by atoms with Gasteiger partial charge in [-0.25, -0.2) is 17.8 Å². The van der Waals surface area contributed by atoms with E-state index in [9.17, 15) is 12.8 Å². The first-order chi connectivity index (χ1) is 18.8. The molecule has 0 spiro atoms. The van der Waals surface area contributed by atoms with Crippen LogP contribution in [-0.2, 0) is 23.0 Å². The fraction of sp³-hybridized carbons (Fsp3) is 0.172. The largest absolute Gasteiger partial charge is 0.489 e. The maximum absolute atomic E-state index is 13.1. The van der Waals surface area contributed by atoms with E-state index in [1.165, 1.54) is 18.4 Å². The zero-order valence-electron chi connectivity index (χ0n) is 21.2. The normalized spacial score (nSPS) is 11.5. The number of anilines is 2. The van der Waals surface area contributed by atoms with E-state index >= 15 is 0 Å². The Morgan fingerprint density at radius 1 is 0.974 bits per heavy atom. The van der Waals surface area contributed by atoms with Gasteiger partial charge in [-0.3, -0.25) is 4.98 Å². The van der Waals surface area contributed by atoms with Crippen molar-refractivity contribution in [1.82, 2.24) is 15.3 Å². The second kappa shape index (κ2) is 11.9. The monoisotopic (exact) mass is 562 g/mol. The van der Waals surface area contributed by atoms with Crippen LogP contribution >= 0.6 is 11.3 Å². The lowest BCUT2D eigenvalue weighted by atomic mass is 10.1. The van der Waals surface area contributed by atoms with Crippen LogP contribution in [0.25, 0.3) is 21.3 Å². The molecule has 0 saturated carbocycles. The number of fused-ring (bicyclic) bond motifs is 1. The number of hydrogen-bond donors (Lipinski definition) is 2. The van der Waals surface area contributed by atoms with Crippen LogP contribution in [0.15, 0.2) is 85.2 Å². The van der Waals surface area contributed by atoms with Crippen LogP contribution in [0.3, 0.4) is 0 Å². The van der Waals surface area contributed by atoms with Gasteiger partial charge in [0.1, 0.15) is 33.0 Å². The number of thiazole rings is 1. The number of nitrogens with one attached hydrogen (secondary N) is 2. The molecule has 0 unspecified atom stereocenters. The molecule has 3 aromatic carbocycles. The molecule has 10 heteroatoms. The van der Waals surface area contributed by atoms with Crippen molar-refractivity contribution < 1.29 is 17.5 Å². The Balaban J connectivity index is 1.23. The van der Waals surface area contributed by atoms with E-state index in [-0.39, 0.29) is 11.6 Å². The van der Waals surface area contributed by atoms with Crippen molar-refractivity contribution in [3.63, 3.8) is 0 Å². The molecule has 39 heavy (non-hydrogen) atoms. The van der Waals surface area contributed by atoms with Gasteiger partial charge >= 0.3 is 0 Å². The summed E-state index contributed by atoms with van der Waals surface area (Å²) in [7, 11) is -2.98. The van der Waals surface area contributed by atoms with E-state index in [1.54, 1.807) is 29.7 Å². The Morgan fingerprint density at radius 3 is 2.54 bits per heavy atom. The zero-order chi connectivity index (χ0) is 27.2. The average Bonchev–Trinajstić information content (AvgIpc) is 3.40. The molecule has 0 atom stereocenters. The summed E-state index contributed by atoms with van der Waals surface area (Å²) < 4.78 is 41.4. The fourth-order valence-electron chi connectivity index (χ4n) is 3.93. The van der Waals surface area contributed by atoms with Gasteiger partial charge in [0.2, 0.25) is 0 Å². The van der Waals surface area contributed by atoms with Gasteiger partial charge in [0, 0.05) is 48.5 Å². The summed E-state index contributed by atoms with van der Waals surface area (Å²) in [5.74, 6) is 0.566. The minimum absolute atomic E-state index is 0.105. The maximum atomic E-state index is 13.1. The van der Waals surface area contributed by atoms with E-state index in [2.05, 4.69) is 26.7 Å². The Hall–Kier alpha value is -3.86. The van der Waals surface area contributed by atoms with Crippen molar-refractivity contribution in [2.75, 3.05) is 23.9 Å². The molecule has 5 rings (SSSR count). The minimum atomic E-state index is -2.98. The second-order valence-electron chi connectivity index (χ2n) is 9.08. The van der Waals surface area contributed by atoms with Crippen molar-refractivity contribution in [3.05, 3.63) is 102 Å². The number of sulfone groups is 1. The highest BCUT2D eigenvalue weighted by Gasteiger charge is 2.09. The molecule has 2 heterocycles. The van der Waals surface area contributed by atoms with Crippen LogP contribution in [0.1, 0.15) is 10.6 Å². The number of hydrogen-bond acceptors (Lipinski definition) is 8. The fourth-order valence-corrected chi connectivity index (χ4v) is 5.32. The van der Waals surface area contributed by atoms with Gasteiger partial charge in [-0.05, 0) is 59.7 Å². The first-order valence-electron chi connectivity index (χ1n) is 12.3. The van der Waals surface area contributed by atoms with E-state index in [0.717, 1.165) is 49.0 Å². The molecule has 200 valence electrons. The van der Waals surface area contributed by atoms with Gasteiger partial charge in [-0.1, -0.05) is 24.3 Å². The van der Waals surface area contributed by atoms with Crippen molar-refractivity contribution in [1.29, 1.82) is 0 Å². The molecule has 0 saturated heterocycles. The molecule has 0 amide bonds. The molecule has 5 aromatic rings. The lowest BCUT2D eigenvalue weighted by Crippen LogP contribution is -2.21. The Labute approximate surface area is 230 Å². The summed E-state index contributed by atoms with van der Waals surface area (Å²) in [6.07, 6.45) is 4.84. The Bertz CT molecular complexity index is 1670. The topological polar surface area (TPSA) is 93.2 Å². The number of nitrogens with zero attached hydrogens (tertiary/aromatic N) is 2. The summed E-state index contributed by atoms with van der Waals surface area (Å²) in [6.45, 7) is 1.29. The number of benzene rings is 3. The van der Waals surface area contributed by atoms with Crippen LogP contribution in [0.5, 0.6) is 5.75 Å². The predicted octanol–water partition coefficient (Wildman–Crippen LogP) is 5.95. The highest BCUT2D eigenvalue weighted by molar-refractivity contribution is 7.90. The van der Waals surface area contributed by atoms with E-state index in [0.29, 0.717) is 19.7 Å². The summed E-state index contributed by atoms with van der Waals surface area (Å²) in [4.78, 5) is 10.1. The predicted molar refractivity (Wildman–Crippen MR) is 155 cm³/mol. The summed E-state index contributed by atoms with van der Waals surface area (Å²) >= 11 is 1.57. The third kappa shape index (κ3) is 7.38. The summed E-state index contributed by atoms with van der Waals surface area (Å²) in [6, 6.07) is 22.0. The highest BCUT2D eigenvalue weighted by atomic mass is 32.2. The lowest BCUT2D eigenvalue weighted by Gasteiger charge is -2.11. The van der Waals surface area contributed by atoms with Crippen molar-refractivity contribution in [3.8, 4) is 16.2 Å². The third-order valence-electron chi connectivity index (χ3n) is 5.96. The molecule has 2 N–H and O–H groups in total. The average molecular weight is 563 g/mol.